The Kier molecular flexibility index (Phi) is 2.96. The van der Waals surface area contributed by atoms with E-state index in [1.54, 1.807) is 0 Å². The highest BCUT2D eigenvalue weighted by molar-refractivity contribution is 6.48. The van der Waals surface area contributed by atoms with E-state index in [0.717, 1.165) is 0 Å². The Balaban J connectivity index is 3.25. The third kappa shape index (κ3) is 1.76. The van der Waals surface area contributed by atoms with Gasteiger partial charge < -0.3 is 5.11 Å². The Bertz CT molecular complexity index is 277. The molecule has 1 N–H and O–H groups in total. The first-order valence-corrected chi connectivity index (χ1v) is 3.89. The molecule has 5 heteroatoms. The number of rotatable bonds is 1. The second-order valence-corrected chi connectivity index (χ2v) is 3.00. The summed E-state index contributed by atoms with van der Waals surface area (Å²) in [4.78, 5) is 3.76. The third-order valence-corrected chi connectivity index (χ3v) is 2.42. The molecule has 0 saturated carbocycles. The van der Waals surface area contributed by atoms with Gasteiger partial charge in [-0.2, -0.15) is 0 Å². The smallest absolute Gasteiger partial charge is 0.0868 e. The molecular formula is C6H4Cl3NO. The van der Waals surface area contributed by atoms with Crippen molar-refractivity contribution >= 4 is 34.8 Å². The first kappa shape index (κ1) is 9.07. The number of hydrogen-bond donors (Lipinski definition) is 1. The normalized spacial score (nSPS) is 10.2. The van der Waals surface area contributed by atoms with Crippen LogP contribution in [-0.2, 0) is 6.61 Å². The minimum atomic E-state index is -0.240. The summed E-state index contributed by atoms with van der Waals surface area (Å²) >= 11 is 16.9. The highest BCUT2D eigenvalue weighted by Crippen LogP contribution is 2.30. The molecule has 0 aliphatic carbocycles. The summed E-state index contributed by atoms with van der Waals surface area (Å²) in [6.07, 6.45) is 1.35. The fraction of sp³-hybridized carbons (Fsp3) is 0.167. The molecule has 1 aromatic heterocycles. The average molecular weight is 212 g/mol. The van der Waals surface area contributed by atoms with Crippen molar-refractivity contribution in [2.75, 3.05) is 0 Å². The van der Waals surface area contributed by atoms with E-state index in [2.05, 4.69) is 4.98 Å². The summed E-state index contributed by atoms with van der Waals surface area (Å²) in [5.74, 6) is 0. The number of halogens is 3. The summed E-state index contributed by atoms with van der Waals surface area (Å²) in [5.41, 5.74) is 0.334. The Morgan fingerprint density at radius 2 is 1.91 bits per heavy atom. The van der Waals surface area contributed by atoms with Gasteiger partial charge in [0.2, 0.25) is 0 Å². The maximum atomic E-state index is 8.69. The van der Waals surface area contributed by atoms with Gasteiger partial charge in [0, 0.05) is 6.20 Å². The first-order valence-electron chi connectivity index (χ1n) is 2.76. The van der Waals surface area contributed by atoms with Crippen LogP contribution < -0.4 is 0 Å². The summed E-state index contributed by atoms with van der Waals surface area (Å²) in [6, 6.07) is 0. The van der Waals surface area contributed by atoms with Crippen LogP contribution in [0.25, 0.3) is 0 Å². The molecule has 0 fully saturated rings. The van der Waals surface area contributed by atoms with Gasteiger partial charge in [-0.15, -0.1) is 0 Å². The number of pyridine rings is 1. The quantitative estimate of drug-likeness (QED) is 0.776. The predicted molar refractivity (Wildman–Crippen MR) is 45.2 cm³/mol. The topological polar surface area (TPSA) is 33.1 Å². The molecule has 0 atom stereocenters. The van der Waals surface area contributed by atoms with E-state index in [1.807, 2.05) is 0 Å². The molecule has 0 unspecified atom stereocenters. The largest absolute Gasteiger partial charge is 0.390 e. The minimum absolute atomic E-state index is 0.210. The van der Waals surface area contributed by atoms with Crippen molar-refractivity contribution in [3.05, 3.63) is 27.0 Å². The second-order valence-electron chi connectivity index (χ2n) is 1.84. The van der Waals surface area contributed by atoms with Gasteiger partial charge in [0.1, 0.15) is 0 Å². The van der Waals surface area contributed by atoms with E-state index in [9.17, 15) is 0 Å². The fourth-order valence-electron chi connectivity index (χ4n) is 0.590. The lowest BCUT2D eigenvalue weighted by molar-refractivity contribution is 0.277. The van der Waals surface area contributed by atoms with Crippen molar-refractivity contribution in [1.82, 2.24) is 4.98 Å². The lowest BCUT2D eigenvalue weighted by Gasteiger charge is -2.01. The summed E-state index contributed by atoms with van der Waals surface area (Å²) < 4.78 is 0. The van der Waals surface area contributed by atoms with Crippen LogP contribution >= 0.6 is 34.8 Å². The van der Waals surface area contributed by atoms with Crippen molar-refractivity contribution in [1.29, 1.82) is 0 Å². The molecule has 11 heavy (non-hydrogen) atoms. The van der Waals surface area contributed by atoms with Crippen LogP contribution in [0.2, 0.25) is 15.1 Å². The van der Waals surface area contributed by atoms with E-state index in [-0.39, 0.29) is 21.7 Å². The highest BCUT2D eigenvalue weighted by Gasteiger charge is 2.08. The standard InChI is InChI=1S/C6H4Cl3NO/c7-3-1-10-4(2-11)6(9)5(3)8/h1,11H,2H2. The number of aliphatic hydroxyl groups is 1. The van der Waals surface area contributed by atoms with Gasteiger partial charge in [-0.05, 0) is 0 Å². The molecule has 1 aromatic rings. The van der Waals surface area contributed by atoms with Crippen molar-refractivity contribution in [3.8, 4) is 0 Å². The van der Waals surface area contributed by atoms with Crippen LogP contribution in [0.5, 0.6) is 0 Å². The molecule has 1 rings (SSSR count). The molecule has 0 saturated heterocycles. The van der Waals surface area contributed by atoms with Gasteiger partial charge in [0.15, 0.2) is 0 Å². The van der Waals surface area contributed by atoms with Gasteiger partial charge in [-0.3, -0.25) is 4.98 Å². The molecule has 2 nitrogen and oxygen atoms in total. The van der Waals surface area contributed by atoms with E-state index < -0.39 is 0 Å². The second kappa shape index (κ2) is 3.59. The van der Waals surface area contributed by atoms with Crippen LogP contribution in [0, 0.1) is 0 Å². The van der Waals surface area contributed by atoms with Crippen molar-refractivity contribution in [2.45, 2.75) is 6.61 Å². The molecular weight excluding hydrogens is 208 g/mol. The zero-order valence-corrected chi connectivity index (χ0v) is 7.58. The summed E-state index contributed by atoms with van der Waals surface area (Å²) in [7, 11) is 0. The molecule has 0 amide bonds. The zero-order valence-electron chi connectivity index (χ0n) is 5.31. The van der Waals surface area contributed by atoms with Gasteiger partial charge in [0.05, 0.1) is 27.4 Å². The van der Waals surface area contributed by atoms with Crippen LogP contribution in [0.3, 0.4) is 0 Å². The van der Waals surface area contributed by atoms with Crippen molar-refractivity contribution in [2.24, 2.45) is 0 Å². The number of aliphatic hydroxyl groups excluding tert-OH is 1. The molecule has 60 valence electrons. The summed E-state index contributed by atoms with van der Waals surface area (Å²) in [6.45, 7) is -0.240. The minimum Gasteiger partial charge on any atom is -0.390 e. The maximum absolute atomic E-state index is 8.69. The number of aromatic nitrogens is 1. The van der Waals surface area contributed by atoms with E-state index in [1.165, 1.54) is 6.20 Å². The molecule has 0 spiro atoms. The number of hydrogen-bond acceptors (Lipinski definition) is 2. The van der Waals surface area contributed by atoms with Crippen LogP contribution in [0.1, 0.15) is 5.69 Å². The van der Waals surface area contributed by atoms with Crippen LogP contribution in [0.15, 0.2) is 6.20 Å². The molecule has 0 bridgehead atoms. The van der Waals surface area contributed by atoms with E-state index in [4.69, 9.17) is 39.9 Å². The summed E-state index contributed by atoms with van der Waals surface area (Å²) in [5, 5.41) is 9.41. The Morgan fingerprint density at radius 3 is 2.45 bits per heavy atom. The monoisotopic (exact) mass is 211 g/mol. The zero-order chi connectivity index (χ0) is 8.43. The molecule has 0 aromatic carbocycles. The molecule has 0 aliphatic rings. The predicted octanol–water partition coefficient (Wildman–Crippen LogP) is 2.53. The fourth-order valence-corrected chi connectivity index (χ4v) is 1.15. The van der Waals surface area contributed by atoms with Crippen molar-refractivity contribution < 1.29 is 5.11 Å². The van der Waals surface area contributed by atoms with Gasteiger partial charge in [0.25, 0.3) is 0 Å². The average Bonchev–Trinajstić information content (AvgIpc) is 2.01. The maximum Gasteiger partial charge on any atom is 0.0868 e. The molecule has 1 heterocycles. The lowest BCUT2D eigenvalue weighted by atomic mass is 10.4. The van der Waals surface area contributed by atoms with Crippen LogP contribution in [-0.4, -0.2) is 10.1 Å². The SMILES string of the molecule is OCc1ncc(Cl)c(Cl)c1Cl. The Hall–Kier alpha value is -0.0200. The molecule has 0 radical (unpaired) electrons. The lowest BCUT2D eigenvalue weighted by Crippen LogP contribution is -1.90. The number of nitrogens with zero attached hydrogens (tertiary/aromatic N) is 1. The first-order chi connectivity index (χ1) is 5.16. The molecule has 0 aliphatic heterocycles. The van der Waals surface area contributed by atoms with Crippen molar-refractivity contribution in [3.63, 3.8) is 0 Å². The van der Waals surface area contributed by atoms with Gasteiger partial charge in [-0.25, -0.2) is 0 Å². The van der Waals surface area contributed by atoms with E-state index >= 15 is 0 Å². The third-order valence-electron chi connectivity index (χ3n) is 1.14. The van der Waals surface area contributed by atoms with Crippen LogP contribution in [0.4, 0.5) is 0 Å². The Labute approximate surface area is 78.7 Å². The van der Waals surface area contributed by atoms with Gasteiger partial charge in [-0.1, -0.05) is 34.8 Å². The van der Waals surface area contributed by atoms with Gasteiger partial charge >= 0.3 is 0 Å². The highest BCUT2D eigenvalue weighted by atomic mass is 35.5. The van der Waals surface area contributed by atoms with E-state index in [0.29, 0.717) is 5.69 Å². The Morgan fingerprint density at radius 1 is 1.27 bits per heavy atom.